The van der Waals surface area contributed by atoms with Crippen molar-refractivity contribution < 1.29 is 4.74 Å². The van der Waals surface area contributed by atoms with Crippen LogP contribution in [0.3, 0.4) is 0 Å². The summed E-state index contributed by atoms with van der Waals surface area (Å²) in [6.45, 7) is 6.86. The van der Waals surface area contributed by atoms with E-state index in [1.807, 2.05) is 18.2 Å². The Hall–Kier alpha value is -2.40. The predicted octanol–water partition coefficient (Wildman–Crippen LogP) is 2.90. The van der Waals surface area contributed by atoms with E-state index in [2.05, 4.69) is 34.8 Å². The average Bonchev–Trinajstić information content (AvgIpc) is 2.52. The Morgan fingerprint density at radius 2 is 2.17 bits per heavy atom. The molecule has 0 aromatic heterocycles. The maximum absolute atomic E-state index is 5.89. The quantitative estimate of drug-likeness (QED) is 0.335. The summed E-state index contributed by atoms with van der Waals surface area (Å²) in [4.78, 5) is 6.18. The van der Waals surface area contributed by atoms with Crippen LogP contribution < -0.4 is 11.5 Å². The molecule has 6 heteroatoms. The maximum atomic E-state index is 5.89. The zero-order valence-corrected chi connectivity index (χ0v) is 14.5. The molecule has 0 atom stereocenters. The second-order valence-corrected chi connectivity index (χ2v) is 6.07. The predicted molar refractivity (Wildman–Crippen MR) is 100 cm³/mol. The van der Waals surface area contributed by atoms with Gasteiger partial charge in [-0.2, -0.15) is 0 Å². The lowest BCUT2D eigenvalue weighted by Crippen LogP contribution is -2.51. The van der Waals surface area contributed by atoms with Gasteiger partial charge in [0.05, 0.1) is 18.2 Å². The van der Waals surface area contributed by atoms with Crippen molar-refractivity contribution in [2.24, 2.45) is 16.5 Å². The Kier molecular flexibility index (Phi) is 6.32. The van der Waals surface area contributed by atoms with E-state index in [9.17, 15) is 0 Å². The third-order valence-electron chi connectivity index (χ3n) is 3.73. The van der Waals surface area contributed by atoms with Gasteiger partial charge in [0.1, 0.15) is 11.9 Å². The molecular weight excluding hydrogens is 324 g/mol. The molecule has 0 unspecified atom stereocenters. The third kappa shape index (κ3) is 5.06. The zero-order valence-electron chi connectivity index (χ0n) is 13.8. The zero-order chi connectivity index (χ0) is 17.5. The van der Waals surface area contributed by atoms with Crippen molar-refractivity contribution >= 4 is 18.3 Å². The Bertz CT molecular complexity index is 661. The first kappa shape index (κ1) is 17.9. The van der Waals surface area contributed by atoms with Crippen LogP contribution >= 0.6 is 11.6 Å². The number of aliphatic imine (C=N–C) groups is 1. The number of rotatable bonds is 6. The molecule has 128 valence electrons. The van der Waals surface area contributed by atoms with Crippen LogP contribution in [0.1, 0.15) is 13.3 Å². The Morgan fingerprint density at radius 3 is 2.75 bits per heavy atom. The van der Waals surface area contributed by atoms with Gasteiger partial charge in [-0.1, -0.05) is 42.0 Å². The highest BCUT2D eigenvalue weighted by molar-refractivity contribution is 6.29. The van der Waals surface area contributed by atoms with Gasteiger partial charge in [-0.15, -0.1) is 0 Å². The lowest BCUT2D eigenvalue weighted by atomic mass is 10.1. The molecular formula is C18H23ClN4O. The molecule has 0 saturated carbocycles. The second kappa shape index (κ2) is 8.45. The summed E-state index contributed by atoms with van der Waals surface area (Å²) in [5.74, 6) is 1.16. The van der Waals surface area contributed by atoms with Gasteiger partial charge in [-0.25, -0.2) is 4.99 Å². The van der Waals surface area contributed by atoms with E-state index in [1.165, 1.54) is 5.57 Å². The van der Waals surface area contributed by atoms with E-state index in [4.69, 9.17) is 27.8 Å². The summed E-state index contributed by atoms with van der Waals surface area (Å²) in [5, 5.41) is 0.176. The molecule has 4 N–H and O–H groups in total. The van der Waals surface area contributed by atoms with Gasteiger partial charge in [0.15, 0.2) is 5.88 Å². The number of hydrogen-bond acceptors (Lipinski definition) is 5. The monoisotopic (exact) mass is 346 g/mol. The summed E-state index contributed by atoms with van der Waals surface area (Å²) < 4.78 is 5.70. The van der Waals surface area contributed by atoms with E-state index >= 15 is 0 Å². The Morgan fingerprint density at radius 1 is 1.42 bits per heavy atom. The fraction of sp³-hybridized carbons (Fsp3) is 0.278. The van der Waals surface area contributed by atoms with E-state index in [0.29, 0.717) is 24.5 Å². The van der Waals surface area contributed by atoms with Gasteiger partial charge in [0.2, 0.25) is 0 Å². The van der Waals surface area contributed by atoms with Crippen LogP contribution in [0.5, 0.6) is 0 Å². The van der Waals surface area contributed by atoms with E-state index < -0.39 is 0 Å². The number of hydrogen-bond donors (Lipinski definition) is 2. The van der Waals surface area contributed by atoms with Crippen LogP contribution in [0.15, 0.2) is 75.5 Å². The first-order valence-electron chi connectivity index (χ1n) is 7.71. The number of allylic oxidation sites excluding steroid dienone is 9. The van der Waals surface area contributed by atoms with Crippen molar-refractivity contribution in [2.45, 2.75) is 19.4 Å². The smallest absolute Gasteiger partial charge is 0.187 e. The van der Waals surface area contributed by atoms with Crippen LogP contribution in [-0.4, -0.2) is 30.8 Å². The summed E-state index contributed by atoms with van der Waals surface area (Å²) in [5.41, 5.74) is 13.3. The van der Waals surface area contributed by atoms with Crippen molar-refractivity contribution in [3.63, 3.8) is 0 Å². The largest absolute Gasteiger partial charge is 0.472 e. The summed E-state index contributed by atoms with van der Waals surface area (Å²) in [6, 6.07) is 0. The SMILES string of the molecule is C=N/C(=C\C=C1\C=CC=CC1)N1CC(O/C(N)=C(C)/C=C(\N)Cl)C1. The van der Waals surface area contributed by atoms with Gasteiger partial charge >= 0.3 is 0 Å². The van der Waals surface area contributed by atoms with Gasteiger partial charge < -0.3 is 21.1 Å². The highest BCUT2D eigenvalue weighted by atomic mass is 35.5. The van der Waals surface area contributed by atoms with E-state index in [-0.39, 0.29) is 11.3 Å². The molecule has 0 radical (unpaired) electrons. The van der Waals surface area contributed by atoms with Crippen LogP contribution in [0.4, 0.5) is 0 Å². The normalized spacial score (nSPS) is 21.6. The standard InChI is InChI=1S/C18H23ClN4O/c1-13(10-16(19)20)18(21)24-15-11-23(12-15)17(22-2)9-8-14-6-4-3-5-7-14/h3-6,8-10,15H,2,7,11-12,20-21H2,1H3/b14-8-,16-10-,17-9+,18-13+. The molecule has 1 aliphatic carbocycles. The molecule has 0 aromatic rings. The number of nitrogens with zero attached hydrogens (tertiary/aromatic N) is 2. The van der Waals surface area contributed by atoms with Gasteiger partial charge in [-0.05, 0) is 37.8 Å². The molecule has 0 aromatic carbocycles. The van der Waals surface area contributed by atoms with Crippen LogP contribution in [0.25, 0.3) is 0 Å². The molecule has 0 bridgehead atoms. The van der Waals surface area contributed by atoms with Crippen molar-refractivity contribution in [1.29, 1.82) is 0 Å². The fourth-order valence-electron chi connectivity index (χ4n) is 2.34. The topological polar surface area (TPSA) is 76.9 Å². The van der Waals surface area contributed by atoms with Crippen LogP contribution in [0, 0.1) is 0 Å². The molecule has 1 saturated heterocycles. The number of likely N-dealkylation sites (tertiary alicyclic amines) is 1. The molecule has 24 heavy (non-hydrogen) atoms. The summed E-state index contributed by atoms with van der Waals surface area (Å²) in [6.07, 6.45) is 14.8. The van der Waals surface area contributed by atoms with Crippen molar-refractivity contribution in [3.8, 4) is 0 Å². The fourth-order valence-corrected chi connectivity index (χ4v) is 2.51. The van der Waals surface area contributed by atoms with Crippen LogP contribution in [0.2, 0.25) is 0 Å². The molecule has 1 heterocycles. The van der Waals surface area contributed by atoms with Gasteiger partial charge in [-0.3, -0.25) is 0 Å². The number of nitrogens with two attached hydrogens (primary N) is 2. The summed E-state index contributed by atoms with van der Waals surface area (Å²) in [7, 11) is 0. The highest BCUT2D eigenvalue weighted by Gasteiger charge is 2.30. The van der Waals surface area contributed by atoms with E-state index in [1.54, 1.807) is 13.0 Å². The maximum Gasteiger partial charge on any atom is 0.187 e. The average molecular weight is 347 g/mol. The third-order valence-corrected chi connectivity index (χ3v) is 3.84. The molecule has 2 aliphatic rings. The summed E-state index contributed by atoms with van der Waals surface area (Å²) >= 11 is 5.63. The van der Waals surface area contributed by atoms with Crippen molar-refractivity contribution in [3.05, 3.63) is 70.5 Å². The second-order valence-electron chi connectivity index (χ2n) is 5.64. The number of ether oxygens (including phenoxy) is 1. The Labute approximate surface area is 148 Å². The van der Waals surface area contributed by atoms with Crippen molar-refractivity contribution in [2.75, 3.05) is 13.1 Å². The first-order chi connectivity index (χ1) is 11.5. The lowest BCUT2D eigenvalue weighted by molar-refractivity contribution is -0.00525. The Balaban J connectivity index is 1.90. The minimum absolute atomic E-state index is 0.0141. The minimum Gasteiger partial charge on any atom is -0.472 e. The molecule has 1 aliphatic heterocycles. The molecule has 0 spiro atoms. The lowest BCUT2D eigenvalue weighted by Gasteiger charge is -2.40. The van der Waals surface area contributed by atoms with Gasteiger partial charge in [0.25, 0.3) is 0 Å². The van der Waals surface area contributed by atoms with Gasteiger partial charge in [0, 0.05) is 5.57 Å². The highest BCUT2D eigenvalue weighted by Crippen LogP contribution is 2.21. The number of halogens is 1. The van der Waals surface area contributed by atoms with E-state index in [0.717, 1.165) is 12.2 Å². The molecule has 0 amide bonds. The minimum atomic E-state index is 0.0141. The molecule has 5 nitrogen and oxygen atoms in total. The molecule has 1 fully saturated rings. The first-order valence-corrected chi connectivity index (χ1v) is 8.09. The van der Waals surface area contributed by atoms with Crippen molar-refractivity contribution in [1.82, 2.24) is 4.90 Å². The van der Waals surface area contributed by atoms with Crippen LogP contribution in [-0.2, 0) is 4.74 Å². The molecule has 2 rings (SSSR count).